The van der Waals surface area contributed by atoms with Crippen LogP contribution in [0.25, 0.3) is 11.4 Å². The molecular formula is C17H20N2O5. The number of carbonyl (C=O) groups excluding carboxylic acids is 1. The number of nitrogens with zero attached hydrogens (tertiary/aromatic N) is 2. The number of rotatable bonds is 4. The van der Waals surface area contributed by atoms with Crippen LogP contribution in [0.2, 0.25) is 0 Å². The highest BCUT2D eigenvalue weighted by atomic mass is 16.5. The second-order valence-electron chi connectivity index (χ2n) is 5.87. The van der Waals surface area contributed by atoms with Crippen molar-refractivity contribution >= 4 is 5.97 Å². The van der Waals surface area contributed by atoms with Crippen molar-refractivity contribution in [3.8, 4) is 22.9 Å². The molecule has 0 bridgehead atoms. The van der Waals surface area contributed by atoms with Crippen LogP contribution in [0, 0.1) is 6.92 Å². The molecule has 1 aromatic carbocycles. The van der Waals surface area contributed by atoms with Crippen LogP contribution < -0.4 is 4.74 Å². The molecule has 24 heavy (non-hydrogen) atoms. The Labute approximate surface area is 139 Å². The molecular weight excluding hydrogens is 312 g/mol. The number of hydrogen-bond donors (Lipinski definition) is 1. The van der Waals surface area contributed by atoms with Crippen molar-refractivity contribution in [2.45, 2.75) is 45.1 Å². The maximum Gasteiger partial charge on any atom is 0.339 e. The number of phenols is 1. The molecule has 0 radical (unpaired) electrons. The van der Waals surface area contributed by atoms with Crippen LogP contribution in [0.4, 0.5) is 0 Å². The van der Waals surface area contributed by atoms with Crippen molar-refractivity contribution in [1.29, 1.82) is 0 Å². The number of hydrogen-bond acceptors (Lipinski definition) is 7. The number of methoxy groups -OCH3 is 1. The minimum Gasteiger partial charge on any atom is -0.504 e. The van der Waals surface area contributed by atoms with Crippen molar-refractivity contribution in [1.82, 2.24) is 10.1 Å². The lowest BCUT2D eigenvalue weighted by molar-refractivity contribution is 0.0211. The summed E-state index contributed by atoms with van der Waals surface area (Å²) in [4.78, 5) is 16.8. The number of carbonyl (C=O) groups is 1. The summed E-state index contributed by atoms with van der Waals surface area (Å²) in [6.45, 7) is 1.66. The molecule has 1 aliphatic carbocycles. The molecule has 1 N–H and O–H groups in total. The zero-order valence-corrected chi connectivity index (χ0v) is 13.7. The third kappa shape index (κ3) is 3.34. The highest BCUT2D eigenvalue weighted by Crippen LogP contribution is 2.35. The van der Waals surface area contributed by atoms with Gasteiger partial charge in [-0.2, -0.15) is 4.98 Å². The Hall–Kier alpha value is -2.57. The van der Waals surface area contributed by atoms with Gasteiger partial charge in [-0.15, -0.1) is 0 Å². The molecule has 1 fully saturated rings. The van der Waals surface area contributed by atoms with Crippen molar-refractivity contribution in [3.05, 3.63) is 23.6 Å². The van der Waals surface area contributed by atoms with E-state index in [4.69, 9.17) is 14.0 Å². The van der Waals surface area contributed by atoms with E-state index in [1.807, 2.05) is 0 Å². The second kappa shape index (κ2) is 6.90. The largest absolute Gasteiger partial charge is 0.504 e. The summed E-state index contributed by atoms with van der Waals surface area (Å²) in [5.74, 6) is 0.209. The number of ether oxygens (including phenoxy) is 2. The minimum absolute atomic E-state index is 0.0876. The van der Waals surface area contributed by atoms with Crippen molar-refractivity contribution in [2.75, 3.05) is 7.11 Å². The number of esters is 1. The van der Waals surface area contributed by atoms with E-state index in [1.165, 1.54) is 25.7 Å². The smallest absolute Gasteiger partial charge is 0.339 e. The van der Waals surface area contributed by atoms with Crippen LogP contribution in [-0.4, -0.2) is 34.4 Å². The van der Waals surface area contributed by atoms with Crippen LogP contribution in [0.15, 0.2) is 16.7 Å². The van der Waals surface area contributed by atoms with Gasteiger partial charge in [0.15, 0.2) is 11.5 Å². The van der Waals surface area contributed by atoms with Gasteiger partial charge in [-0.1, -0.05) is 11.6 Å². The Kier molecular flexibility index (Phi) is 4.69. The molecule has 2 aromatic rings. The van der Waals surface area contributed by atoms with E-state index < -0.39 is 5.97 Å². The molecule has 0 unspecified atom stereocenters. The Morgan fingerprint density at radius 1 is 1.29 bits per heavy atom. The van der Waals surface area contributed by atoms with E-state index >= 15 is 0 Å². The lowest BCUT2D eigenvalue weighted by atomic mass is 9.97. The standard InChI is InChI=1S/C17H20N2O5/c1-10-18-16(19-24-10)12-9-15(22-2)14(20)8-13(12)17(21)23-11-6-4-3-5-7-11/h8-9,11,20H,3-7H2,1-2H3. The van der Waals surface area contributed by atoms with Crippen LogP contribution in [0.5, 0.6) is 11.5 Å². The number of aromatic hydroxyl groups is 1. The van der Waals surface area contributed by atoms with Gasteiger partial charge in [0.2, 0.25) is 11.7 Å². The fourth-order valence-corrected chi connectivity index (χ4v) is 2.89. The quantitative estimate of drug-likeness (QED) is 0.859. The highest BCUT2D eigenvalue weighted by molar-refractivity contribution is 5.97. The van der Waals surface area contributed by atoms with Crippen molar-refractivity contribution in [3.63, 3.8) is 0 Å². The molecule has 0 saturated heterocycles. The maximum atomic E-state index is 12.6. The Balaban J connectivity index is 1.95. The van der Waals surface area contributed by atoms with E-state index in [0.717, 1.165) is 25.7 Å². The van der Waals surface area contributed by atoms with Gasteiger partial charge < -0.3 is 19.1 Å². The molecule has 1 aromatic heterocycles. The summed E-state index contributed by atoms with van der Waals surface area (Å²) < 4.78 is 15.7. The van der Waals surface area contributed by atoms with E-state index in [-0.39, 0.29) is 29.0 Å². The summed E-state index contributed by atoms with van der Waals surface area (Å²) >= 11 is 0. The molecule has 128 valence electrons. The summed E-state index contributed by atoms with van der Waals surface area (Å²) in [5, 5.41) is 13.9. The average molecular weight is 332 g/mol. The molecule has 1 aliphatic rings. The molecule has 0 aliphatic heterocycles. The topological polar surface area (TPSA) is 94.7 Å². The van der Waals surface area contributed by atoms with E-state index in [0.29, 0.717) is 11.5 Å². The van der Waals surface area contributed by atoms with Gasteiger partial charge in [-0.25, -0.2) is 4.79 Å². The average Bonchev–Trinajstić information content (AvgIpc) is 3.01. The van der Waals surface area contributed by atoms with Crippen molar-refractivity contribution < 1.29 is 23.9 Å². The number of benzene rings is 1. The molecule has 7 heteroatoms. The minimum atomic E-state index is -0.502. The predicted octanol–water partition coefficient (Wildman–Crippen LogP) is 3.25. The van der Waals surface area contributed by atoms with E-state index in [1.54, 1.807) is 6.92 Å². The molecule has 7 nitrogen and oxygen atoms in total. The summed E-state index contributed by atoms with van der Waals surface area (Å²) in [7, 11) is 1.43. The SMILES string of the molecule is COc1cc(-c2noc(C)n2)c(C(=O)OC2CCCCC2)cc1O. The lowest BCUT2D eigenvalue weighted by Gasteiger charge is -2.22. The molecule has 0 spiro atoms. The molecule has 3 rings (SSSR count). The Morgan fingerprint density at radius 2 is 2.04 bits per heavy atom. The first-order valence-electron chi connectivity index (χ1n) is 8.01. The van der Waals surface area contributed by atoms with Crippen LogP contribution >= 0.6 is 0 Å². The van der Waals surface area contributed by atoms with Gasteiger partial charge in [0.25, 0.3) is 0 Å². The third-order valence-electron chi connectivity index (χ3n) is 4.13. The number of aryl methyl sites for hydroxylation is 1. The second-order valence-corrected chi connectivity index (χ2v) is 5.87. The maximum absolute atomic E-state index is 12.6. The van der Waals surface area contributed by atoms with Gasteiger partial charge in [0.1, 0.15) is 6.10 Å². The lowest BCUT2D eigenvalue weighted by Crippen LogP contribution is -2.21. The zero-order valence-electron chi connectivity index (χ0n) is 13.7. The third-order valence-corrected chi connectivity index (χ3v) is 4.13. The van der Waals surface area contributed by atoms with Crippen LogP contribution in [0.1, 0.15) is 48.4 Å². The normalized spacial score (nSPS) is 15.2. The Bertz CT molecular complexity index is 735. The Morgan fingerprint density at radius 3 is 2.67 bits per heavy atom. The monoisotopic (exact) mass is 332 g/mol. The molecule has 0 amide bonds. The first-order chi connectivity index (χ1) is 11.6. The van der Waals surface area contributed by atoms with Gasteiger partial charge in [0, 0.05) is 12.5 Å². The fraction of sp³-hybridized carbons (Fsp3) is 0.471. The van der Waals surface area contributed by atoms with Crippen LogP contribution in [-0.2, 0) is 4.74 Å². The van der Waals surface area contributed by atoms with E-state index in [2.05, 4.69) is 10.1 Å². The number of phenolic OH excluding ortho intramolecular Hbond substituents is 1. The molecule has 0 atom stereocenters. The summed E-state index contributed by atoms with van der Waals surface area (Å²) in [5.41, 5.74) is 0.599. The van der Waals surface area contributed by atoms with Gasteiger partial charge >= 0.3 is 5.97 Å². The first kappa shape index (κ1) is 16.3. The predicted molar refractivity (Wildman–Crippen MR) is 85.0 cm³/mol. The van der Waals surface area contributed by atoms with Gasteiger partial charge in [-0.05, 0) is 37.8 Å². The van der Waals surface area contributed by atoms with Crippen molar-refractivity contribution in [2.24, 2.45) is 0 Å². The van der Waals surface area contributed by atoms with E-state index in [9.17, 15) is 9.90 Å². The first-order valence-corrected chi connectivity index (χ1v) is 8.01. The molecule has 1 saturated carbocycles. The van der Waals surface area contributed by atoms with Crippen LogP contribution in [0.3, 0.4) is 0 Å². The fourth-order valence-electron chi connectivity index (χ4n) is 2.89. The number of aromatic nitrogens is 2. The molecule has 1 heterocycles. The van der Waals surface area contributed by atoms with Gasteiger partial charge in [-0.3, -0.25) is 0 Å². The summed E-state index contributed by atoms with van der Waals surface area (Å²) in [6.07, 6.45) is 4.93. The zero-order chi connectivity index (χ0) is 17.1. The highest BCUT2D eigenvalue weighted by Gasteiger charge is 2.24. The summed E-state index contributed by atoms with van der Waals surface area (Å²) in [6, 6.07) is 2.84. The van der Waals surface area contributed by atoms with Gasteiger partial charge in [0.05, 0.1) is 12.7 Å².